The normalized spacial score (nSPS) is 12.5. The Bertz CT molecular complexity index is 579. The fourth-order valence-corrected chi connectivity index (χ4v) is 3.30. The maximum Gasteiger partial charge on any atom is 0.328 e. The van der Waals surface area contributed by atoms with Crippen LogP contribution in [0.25, 0.3) is 0 Å². The molecule has 0 saturated carbocycles. The van der Waals surface area contributed by atoms with E-state index < -0.39 is 32.8 Å². The van der Waals surface area contributed by atoms with Crippen molar-refractivity contribution in [3.05, 3.63) is 35.9 Å². The molecule has 1 atom stereocenters. The molecular weight excluding hydrogens is 296 g/mol. The van der Waals surface area contributed by atoms with Gasteiger partial charge in [-0.15, -0.1) is 0 Å². The molecule has 7 heteroatoms. The first-order chi connectivity index (χ1) is 9.92. The third kappa shape index (κ3) is 4.86. The molecule has 0 aliphatic carbocycles. The van der Waals surface area contributed by atoms with Crippen molar-refractivity contribution in [2.75, 3.05) is 19.0 Å². The summed E-state index contributed by atoms with van der Waals surface area (Å²) in [6.07, 6.45) is 0. The molecular formula is C14H18O6S. The molecule has 0 aliphatic rings. The highest BCUT2D eigenvalue weighted by molar-refractivity contribution is 7.93. The summed E-state index contributed by atoms with van der Waals surface area (Å²) < 4.78 is 34.1. The van der Waals surface area contributed by atoms with Gasteiger partial charge in [-0.2, -0.15) is 0 Å². The molecule has 0 fully saturated rings. The highest BCUT2D eigenvalue weighted by atomic mass is 32.2. The summed E-state index contributed by atoms with van der Waals surface area (Å²) in [5.41, 5.74) is 0.264. The summed E-state index contributed by atoms with van der Waals surface area (Å²) in [5, 5.41) is -1.52. The van der Waals surface area contributed by atoms with Crippen LogP contribution in [0.5, 0.6) is 0 Å². The number of hydrogen-bond donors (Lipinski definition) is 0. The Kier molecular flexibility index (Phi) is 6.36. The Morgan fingerprint density at radius 3 is 2.14 bits per heavy atom. The second-order valence-corrected chi connectivity index (χ2v) is 6.24. The predicted octanol–water partition coefficient (Wildman–Crippen LogP) is 1.27. The van der Waals surface area contributed by atoms with E-state index in [0.29, 0.717) is 0 Å². The largest absolute Gasteiger partial charge is 0.465 e. The molecule has 6 nitrogen and oxygen atoms in total. The highest BCUT2D eigenvalue weighted by Crippen LogP contribution is 2.25. The second-order valence-electron chi connectivity index (χ2n) is 4.15. The molecule has 21 heavy (non-hydrogen) atoms. The van der Waals surface area contributed by atoms with Crippen molar-refractivity contribution < 1.29 is 27.5 Å². The third-order valence-electron chi connectivity index (χ3n) is 2.59. The average molecular weight is 314 g/mol. The van der Waals surface area contributed by atoms with E-state index in [0.717, 1.165) is 0 Å². The van der Waals surface area contributed by atoms with E-state index in [2.05, 4.69) is 4.74 Å². The van der Waals surface area contributed by atoms with E-state index >= 15 is 0 Å². The van der Waals surface area contributed by atoms with Gasteiger partial charge in [0.25, 0.3) is 0 Å². The number of rotatable bonds is 7. The molecule has 116 valence electrons. The number of hydrogen-bond acceptors (Lipinski definition) is 6. The van der Waals surface area contributed by atoms with Gasteiger partial charge in [0.1, 0.15) is 5.75 Å². The molecule has 0 aromatic heterocycles. The standard InChI is InChI=1S/C14H18O6S/c1-3-19-12(15)10-21(17,18)13(14(16)20-4-2)11-8-6-5-7-9-11/h5-9,13H,3-4,10H2,1-2H3. The van der Waals surface area contributed by atoms with Gasteiger partial charge in [-0.05, 0) is 19.4 Å². The van der Waals surface area contributed by atoms with Crippen LogP contribution in [-0.4, -0.2) is 39.3 Å². The van der Waals surface area contributed by atoms with E-state index in [1.807, 2.05) is 0 Å². The van der Waals surface area contributed by atoms with E-state index in [4.69, 9.17) is 4.74 Å². The smallest absolute Gasteiger partial charge is 0.328 e. The molecule has 0 aliphatic heterocycles. The van der Waals surface area contributed by atoms with Crippen LogP contribution in [0.15, 0.2) is 30.3 Å². The number of sulfone groups is 1. The third-order valence-corrected chi connectivity index (χ3v) is 4.41. The van der Waals surface area contributed by atoms with E-state index in [-0.39, 0.29) is 18.8 Å². The Labute approximate surface area is 124 Å². The lowest BCUT2D eigenvalue weighted by Crippen LogP contribution is -2.30. The van der Waals surface area contributed by atoms with E-state index in [1.165, 1.54) is 12.1 Å². The second kappa shape index (κ2) is 7.78. The summed E-state index contributed by atoms with van der Waals surface area (Å²) in [4.78, 5) is 23.4. The molecule has 1 aromatic carbocycles. The maximum atomic E-state index is 12.3. The van der Waals surface area contributed by atoms with Crippen LogP contribution >= 0.6 is 0 Å². The molecule has 1 rings (SSSR count). The lowest BCUT2D eigenvalue weighted by atomic mass is 10.1. The molecule has 0 saturated heterocycles. The van der Waals surface area contributed by atoms with Crippen LogP contribution < -0.4 is 0 Å². The molecule has 0 radical (unpaired) electrons. The quantitative estimate of drug-likeness (QED) is 0.704. The first kappa shape index (κ1) is 17.2. The minimum atomic E-state index is -4.07. The number of ether oxygens (including phenoxy) is 2. The number of benzene rings is 1. The summed E-state index contributed by atoms with van der Waals surface area (Å²) in [6.45, 7) is 3.28. The Hall–Kier alpha value is -1.89. The van der Waals surface area contributed by atoms with Crippen LogP contribution in [-0.2, 0) is 28.9 Å². The molecule has 0 spiro atoms. The minimum Gasteiger partial charge on any atom is -0.465 e. The first-order valence-corrected chi connectivity index (χ1v) is 8.22. The Balaban J connectivity index is 3.12. The molecule has 1 aromatic rings. The molecule has 1 unspecified atom stereocenters. The lowest BCUT2D eigenvalue weighted by molar-refractivity contribution is -0.142. The van der Waals surface area contributed by atoms with Gasteiger partial charge < -0.3 is 9.47 Å². The number of esters is 2. The van der Waals surface area contributed by atoms with Crippen LogP contribution in [0.2, 0.25) is 0 Å². The van der Waals surface area contributed by atoms with Gasteiger partial charge in [0.15, 0.2) is 15.1 Å². The van der Waals surface area contributed by atoms with Crippen molar-refractivity contribution in [1.29, 1.82) is 0 Å². The maximum absolute atomic E-state index is 12.3. The molecule has 0 bridgehead atoms. The highest BCUT2D eigenvalue weighted by Gasteiger charge is 2.37. The van der Waals surface area contributed by atoms with E-state index in [1.54, 1.807) is 32.0 Å². The number of carbonyl (C=O) groups excluding carboxylic acids is 2. The lowest BCUT2D eigenvalue weighted by Gasteiger charge is -2.16. The molecule has 0 heterocycles. The van der Waals surface area contributed by atoms with Gasteiger partial charge in [0.2, 0.25) is 0 Å². The fourth-order valence-electron chi connectivity index (χ4n) is 1.79. The average Bonchev–Trinajstić information content (AvgIpc) is 2.39. The van der Waals surface area contributed by atoms with Gasteiger partial charge >= 0.3 is 11.9 Å². The van der Waals surface area contributed by atoms with Crippen molar-refractivity contribution in [3.8, 4) is 0 Å². The zero-order valence-corrected chi connectivity index (χ0v) is 12.8. The van der Waals surface area contributed by atoms with Crippen LogP contribution in [0, 0.1) is 0 Å². The van der Waals surface area contributed by atoms with Gasteiger partial charge in [-0.1, -0.05) is 30.3 Å². The zero-order chi connectivity index (χ0) is 15.9. The van der Waals surface area contributed by atoms with Gasteiger partial charge in [-0.3, -0.25) is 9.59 Å². The van der Waals surface area contributed by atoms with Crippen molar-refractivity contribution in [1.82, 2.24) is 0 Å². The predicted molar refractivity (Wildman–Crippen MR) is 76.2 cm³/mol. The van der Waals surface area contributed by atoms with Crippen LogP contribution in [0.3, 0.4) is 0 Å². The summed E-state index contributed by atoms with van der Waals surface area (Å²) in [7, 11) is -4.07. The van der Waals surface area contributed by atoms with Crippen molar-refractivity contribution in [2.24, 2.45) is 0 Å². The first-order valence-electron chi connectivity index (χ1n) is 6.51. The number of carbonyl (C=O) groups is 2. The Morgan fingerprint density at radius 1 is 1.05 bits per heavy atom. The van der Waals surface area contributed by atoms with Gasteiger partial charge in [0.05, 0.1) is 13.2 Å². The zero-order valence-electron chi connectivity index (χ0n) is 11.9. The van der Waals surface area contributed by atoms with Crippen molar-refractivity contribution in [2.45, 2.75) is 19.1 Å². The topological polar surface area (TPSA) is 86.7 Å². The van der Waals surface area contributed by atoms with Gasteiger partial charge in [0, 0.05) is 0 Å². The van der Waals surface area contributed by atoms with Gasteiger partial charge in [-0.25, -0.2) is 8.42 Å². The molecule has 0 N–H and O–H groups in total. The summed E-state index contributed by atoms with van der Waals surface area (Å²) in [5.74, 6) is -2.64. The van der Waals surface area contributed by atoms with E-state index in [9.17, 15) is 18.0 Å². The van der Waals surface area contributed by atoms with Crippen LogP contribution in [0.4, 0.5) is 0 Å². The summed E-state index contributed by atoms with van der Waals surface area (Å²) in [6, 6.07) is 7.93. The van der Waals surface area contributed by atoms with Crippen molar-refractivity contribution >= 4 is 21.8 Å². The Morgan fingerprint density at radius 2 is 1.62 bits per heavy atom. The fraction of sp³-hybridized carbons (Fsp3) is 0.429. The summed E-state index contributed by atoms with van der Waals surface area (Å²) >= 11 is 0. The monoisotopic (exact) mass is 314 g/mol. The van der Waals surface area contributed by atoms with Crippen LogP contribution in [0.1, 0.15) is 24.7 Å². The molecule has 0 amide bonds. The minimum absolute atomic E-state index is 0.0527. The SMILES string of the molecule is CCOC(=O)CS(=O)(=O)C(C(=O)OCC)c1ccccc1. The van der Waals surface area contributed by atoms with Crippen molar-refractivity contribution in [3.63, 3.8) is 0 Å².